The van der Waals surface area contributed by atoms with Crippen LogP contribution in [-0.4, -0.2) is 52.1 Å². The van der Waals surface area contributed by atoms with Gasteiger partial charge in [-0.05, 0) is 31.0 Å². The minimum atomic E-state index is -0.327. The van der Waals surface area contributed by atoms with E-state index in [2.05, 4.69) is 15.6 Å². The predicted molar refractivity (Wildman–Crippen MR) is 114 cm³/mol. The zero-order valence-electron chi connectivity index (χ0n) is 17.5. The molecule has 2 N–H and O–H groups in total. The normalized spacial score (nSPS) is 17.4. The molecular formula is C22H25N3O6. The van der Waals surface area contributed by atoms with Gasteiger partial charge in [0, 0.05) is 36.1 Å². The Hall–Kier alpha value is -3.46. The van der Waals surface area contributed by atoms with Crippen LogP contribution in [-0.2, 0) is 4.74 Å². The number of nitrogens with one attached hydrogen (secondary N) is 2. The van der Waals surface area contributed by atoms with Gasteiger partial charge in [-0.1, -0.05) is 0 Å². The number of carbonyl (C=O) groups is 1. The number of amides is 1. The molecule has 1 saturated heterocycles. The molecular weight excluding hydrogens is 402 g/mol. The van der Waals surface area contributed by atoms with Gasteiger partial charge in [-0.25, -0.2) is 4.99 Å². The van der Waals surface area contributed by atoms with Gasteiger partial charge in [-0.3, -0.25) is 10.1 Å². The summed E-state index contributed by atoms with van der Waals surface area (Å²) in [5.41, 5.74) is 1.09. The largest absolute Gasteiger partial charge is 0.497 e. The number of methoxy groups -OCH3 is 2. The molecule has 0 unspecified atom stereocenters. The van der Waals surface area contributed by atoms with E-state index in [1.807, 2.05) is 0 Å². The Bertz CT molecular complexity index is 949. The highest BCUT2D eigenvalue weighted by atomic mass is 16.7. The lowest BCUT2D eigenvalue weighted by Gasteiger charge is -2.15. The number of hydrogen-bond acceptors (Lipinski definition) is 7. The van der Waals surface area contributed by atoms with Crippen molar-refractivity contribution in [3.8, 4) is 23.0 Å². The van der Waals surface area contributed by atoms with E-state index >= 15 is 0 Å². The smallest absolute Gasteiger partial charge is 0.258 e. The van der Waals surface area contributed by atoms with Gasteiger partial charge in [0.25, 0.3) is 5.91 Å². The Morgan fingerprint density at radius 1 is 1.10 bits per heavy atom. The van der Waals surface area contributed by atoms with Gasteiger partial charge in [-0.2, -0.15) is 0 Å². The van der Waals surface area contributed by atoms with Crippen LogP contribution >= 0.6 is 0 Å². The summed E-state index contributed by atoms with van der Waals surface area (Å²) in [6.07, 6.45) is 2.00. The lowest BCUT2D eigenvalue weighted by atomic mass is 10.2. The topological polar surface area (TPSA) is 99.6 Å². The molecule has 2 heterocycles. The van der Waals surface area contributed by atoms with Gasteiger partial charge in [0.2, 0.25) is 12.8 Å². The Morgan fingerprint density at radius 3 is 2.58 bits per heavy atom. The second kappa shape index (κ2) is 9.57. The Morgan fingerprint density at radius 2 is 1.87 bits per heavy atom. The number of fused-ring (bicyclic) bond motifs is 1. The van der Waals surface area contributed by atoms with Crippen LogP contribution in [0.5, 0.6) is 23.0 Å². The number of anilines is 1. The molecule has 0 aromatic heterocycles. The minimum Gasteiger partial charge on any atom is -0.497 e. The summed E-state index contributed by atoms with van der Waals surface area (Å²) >= 11 is 0. The van der Waals surface area contributed by atoms with E-state index in [4.69, 9.17) is 23.7 Å². The average molecular weight is 427 g/mol. The molecule has 1 atom stereocenters. The third kappa shape index (κ3) is 5.18. The molecule has 9 heteroatoms. The molecule has 9 nitrogen and oxygen atoms in total. The Kier molecular flexibility index (Phi) is 6.42. The van der Waals surface area contributed by atoms with Crippen molar-refractivity contribution in [1.29, 1.82) is 0 Å². The highest BCUT2D eigenvalue weighted by Gasteiger charge is 2.19. The SMILES string of the molecule is COc1cc(NC(=NC[C@@H]2CCCO2)NC(=O)c2ccc3c(c2)OCO3)cc(OC)c1. The van der Waals surface area contributed by atoms with Crippen LogP contribution in [0.25, 0.3) is 0 Å². The van der Waals surface area contributed by atoms with Crippen LogP contribution in [0.15, 0.2) is 41.4 Å². The van der Waals surface area contributed by atoms with Gasteiger partial charge in [0.1, 0.15) is 11.5 Å². The number of hydrogen-bond donors (Lipinski definition) is 2. The van der Waals surface area contributed by atoms with Gasteiger partial charge in [0.05, 0.1) is 26.9 Å². The molecule has 2 aliphatic rings. The third-order valence-corrected chi connectivity index (χ3v) is 4.96. The first-order valence-corrected chi connectivity index (χ1v) is 10.0. The number of aliphatic imine (C=N–C) groups is 1. The van der Waals surface area contributed by atoms with Crippen LogP contribution < -0.4 is 29.6 Å². The van der Waals surface area contributed by atoms with Crippen molar-refractivity contribution in [1.82, 2.24) is 5.32 Å². The highest BCUT2D eigenvalue weighted by molar-refractivity contribution is 6.10. The second-order valence-electron chi connectivity index (χ2n) is 7.07. The number of rotatable bonds is 6. The third-order valence-electron chi connectivity index (χ3n) is 4.96. The fraction of sp³-hybridized carbons (Fsp3) is 0.364. The van der Waals surface area contributed by atoms with Crippen molar-refractivity contribution in [3.05, 3.63) is 42.0 Å². The van der Waals surface area contributed by atoms with E-state index in [1.165, 1.54) is 0 Å². The first-order valence-electron chi connectivity index (χ1n) is 10.0. The van der Waals surface area contributed by atoms with Gasteiger partial charge >= 0.3 is 0 Å². The van der Waals surface area contributed by atoms with E-state index in [-0.39, 0.29) is 18.8 Å². The molecule has 0 radical (unpaired) electrons. The summed E-state index contributed by atoms with van der Waals surface area (Å²) in [5, 5.41) is 5.99. The first-order chi connectivity index (χ1) is 15.1. The quantitative estimate of drug-likeness (QED) is 0.540. The molecule has 0 bridgehead atoms. The van der Waals surface area contributed by atoms with Crippen LogP contribution in [0.4, 0.5) is 5.69 Å². The van der Waals surface area contributed by atoms with Gasteiger partial charge in [0.15, 0.2) is 11.5 Å². The summed E-state index contributed by atoms with van der Waals surface area (Å²) < 4.78 is 27.0. The molecule has 1 amide bonds. The molecule has 2 aromatic rings. The second-order valence-corrected chi connectivity index (χ2v) is 7.07. The minimum absolute atomic E-state index is 0.0408. The van der Waals surface area contributed by atoms with E-state index in [9.17, 15) is 4.79 Å². The van der Waals surface area contributed by atoms with Crippen molar-refractivity contribution in [2.45, 2.75) is 18.9 Å². The number of carbonyl (C=O) groups excluding carboxylic acids is 1. The van der Waals surface area contributed by atoms with Crippen molar-refractivity contribution >= 4 is 17.6 Å². The Labute approximate surface area is 180 Å². The zero-order chi connectivity index (χ0) is 21.6. The highest BCUT2D eigenvalue weighted by Crippen LogP contribution is 2.32. The summed E-state index contributed by atoms with van der Waals surface area (Å²) in [7, 11) is 3.15. The van der Waals surface area contributed by atoms with E-state index in [1.54, 1.807) is 50.6 Å². The monoisotopic (exact) mass is 427 g/mol. The van der Waals surface area contributed by atoms with E-state index in [0.717, 1.165) is 19.4 Å². The number of guanidine groups is 1. The van der Waals surface area contributed by atoms with Crippen LogP contribution in [0.1, 0.15) is 23.2 Å². The molecule has 164 valence electrons. The maximum absolute atomic E-state index is 12.9. The molecule has 0 aliphatic carbocycles. The van der Waals surface area contributed by atoms with Crippen LogP contribution in [0, 0.1) is 0 Å². The maximum atomic E-state index is 12.9. The van der Waals surface area contributed by atoms with Gasteiger partial charge in [-0.15, -0.1) is 0 Å². The summed E-state index contributed by atoms with van der Waals surface area (Å²) in [4.78, 5) is 17.4. The molecule has 31 heavy (non-hydrogen) atoms. The van der Waals surface area contributed by atoms with Crippen molar-refractivity contribution < 1.29 is 28.5 Å². The van der Waals surface area contributed by atoms with E-state index in [0.29, 0.717) is 46.8 Å². The maximum Gasteiger partial charge on any atom is 0.258 e. The molecule has 1 fully saturated rings. The lowest BCUT2D eigenvalue weighted by molar-refractivity contribution is 0.0975. The van der Waals surface area contributed by atoms with Crippen molar-refractivity contribution in [2.75, 3.05) is 39.5 Å². The lowest BCUT2D eigenvalue weighted by Crippen LogP contribution is -2.36. The van der Waals surface area contributed by atoms with Crippen molar-refractivity contribution in [3.63, 3.8) is 0 Å². The van der Waals surface area contributed by atoms with E-state index < -0.39 is 0 Å². The molecule has 2 aromatic carbocycles. The molecule has 0 spiro atoms. The van der Waals surface area contributed by atoms with Crippen LogP contribution in [0.2, 0.25) is 0 Å². The van der Waals surface area contributed by atoms with Crippen LogP contribution in [0.3, 0.4) is 0 Å². The molecule has 4 rings (SSSR count). The zero-order valence-corrected chi connectivity index (χ0v) is 17.5. The van der Waals surface area contributed by atoms with Gasteiger partial charge < -0.3 is 29.0 Å². The standard InChI is InChI=1S/C22H25N3O6/c1-27-17-9-15(10-18(11-17)28-2)24-22(23-12-16-4-3-7-29-16)25-21(26)14-5-6-19-20(8-14)31-13-30-19/h5-6,8-11,16H,3-4,7,12-13H2,1-2H3,(H2,23,24,25,26)/t16-/m0/s1. The number of ether oxygens (including phenoxy) is 5. The number of benzene rings is 2. The molecule has 0 saturated carbocycles. The van der Waals surface area contributed by atoms with Crippen molar-refractivity contribution in [2.24, 2.45) is 4.99 Å². The predicted octanol–water partition coefficient (Wildman–Crippen LogP) is 2.81. The Balaban J connectivity index is 1.54. The summed E-state index contributed by atoms with van der Waals surface area (Å²) in [6.45, 7) is 1.32. The summed E-state index contributed by atoms with van der Waals surface area (Å²) in [5.74, 6) is 2.35. The summed E-state index contributed by atoms with van der Waals surface area (Å²) in [6, 6.07) is 10.4. The fourth-order valence-electron chi connectivity index (χ4n) is 3.33. The molecule has 2 aliphatic heterocycles. The average Bonchev–Trinajstić information content (AvgIpc) is 3.48. The fourth-order valence-corrected chi connectivity index (χ4v) is 3.33. The first kappa shape index (κ1) is 20.8. The number of nitrogens with zero attached hydrogens (tertiary/aromatic N) is 1.